The van der Waals surface area contributed by atoms with Crippen molar-refractivity contribution in [3.05, 3.63) is 119 Å². The van der Waals surface area contributed by atoms with Gasteiger partial charge in [0.05, 0.1) is 35.6 Å². The molecule has 4 N–H and O–H groups in total. The number of ether oxygens (including phenoxy) is 5. The molecule has 11 atom stereocenters. The van der Waals surface area contributed by atoms with E-state index in [0.29, 0.717) is 5.56 Å². The van der Waals surface area contributed by atoms with E-state index in [4.69, 9.17) is 23.7 Å². The van der Waals surface area contributed by atoms with Gasteiger partial charge in [0, 0.05) is 37.7 Å². The van der Waals surface area contributed by atoms with Gasteiger partial charge in [-0.3, -0.25) is 19.2 Å². The number of carbonyl (C=O) groups excluding carboxylic acids is 6. The van der Waals surface area contributed by atoms with E-state index in [0.717, 1.165) is 13.8 Å². The quantitative estimate of drug-likeness (QED) is 0.130. The van der Waals surface area contributed by atoms with Crippen LogP contribution in [0.15, 0.2) is 102 Å². The molecule has 15 nitrogen and oxygen atoms in total. The van der Waals surface area contributed by atoms with Crippen LogP contribution in [-0.4, -0.2) is 105 Å². The second-order valence-corrected chi connectivity index (χ2v) is 17.4. The van der Waals surface area contributed by atoms with Crippen LogP contribution in [0.25, 0.3) is 0 Å². The lowest BCUT2D eigenvalue weighted by Crippen LogP contribution is -2.82. The molecule has 4 aliphatic rings. The van der Waals surface area contributed by atoms with E-state index in [-0.39, 0.29) is 35.3 Å². The average molecular weight is 854 g/mol. The van der Waals surface area contributed by atoms with Gasteiger partial charge < -0.3 is 44.3 Å². The molecular formula is C47H51NO14. The van der Waals surface area contributed by atoms with Crippen molar-refractivity contribution in [2.75, 3.05) is 6.61 Å². The highest BCUT2D eigenvalue weighted by Crippen LogP contribution is 2.64. The number of benzene rings is 3. The molecule has 1 heterocycles. The number of rotatable bonds is 10. The monoisotopic (exact) mass is 853 g/mol. The summed E-state index contributed by atoms with van der Waals surface area (Å²) in [6.07, 6.45) is -10.5. The van der Waals surface area contributed by atoms with Crippen molar-refractivity contribution >= 4 is 35.6 Å². The summed E-state index contributed by atoms with van der Waals surface area (Å²) in [4.78, 5) is 83.5. The van der Waals surface area contributed by atoms with Gasteiger partial charge in [-0.25, -0.2) is 9.59 Å². The lowest BCUT2D eigenvalue weighted by Gasteiger charge is -2.67. The third kappa shape index (κ3) is 7.29. The third-order valence-corrected chi connectivity index (χ3v) is 13.5. The summed E-state index contributed by atoms with van der Waals surface area (Å²) < 4.78 is 30.3. The Morgan fingerprint density at radius 3 is 1.95 bits per heavy atom. The van der Waals surface area contributed by atoms with Crippen molar-refractivity contribution in [3.63, 3.8) is 0 Å². The van der Waals surface area contributed by atoms with E-state index in [9.17, 15) is 39.3 Å². The van der Waals surface area contributed by atoms with Crippen LogP contribution in [-0.2, 0) is 42.9 Å². The molecule has 1 aliphatic heterocycles. The number of aliphatic hydroxyl groups is 3. The molecule has 0 unspecified atom stereocenters. The number of ketones is 1. The van der Waals surface area contributed by atoms with Gasteiger partial charge >= 0.3 is 23.9 Å². The number of carbonyl (C=O) groups is 6. The number of amides is 1. The van der Waals surface area contributed by atoms with Gasteiger partial charge in [-0.15, -0.1) is 0 Å². The van der Waals surface area contributed by atoms with Crippen molar-refractivity contribution in [2.24, 2.45) is 16.7 Å². The van der Waals surface area contributed by atoms with Gasteiger partial charge in [0.2, 0.25) is 0 Å². The maximum atomic E-state index is 15.5. The number of nitrogens with one attached hydrogen (secondary N) is 1. The summed E-state index contributed by atoms with van der Waals surface area (Å²) in [6.45, 7) is 7.97. The molecule has 1 amide bonds. The largest absolute Gasteiger partial charge is 0.456 e. The van der Waals surface area contributed by atoms with E-state index < -0.39 is 113 Å². The van der Waals surface area contributed by atoms with Crippen LogP contribution in [0.1, 0.15) is 86.7 Å². The maximum Gasteiger partial charge on any atom is 0.338 e. The fourth-order valence-electron chi connectivity index (χ4n) is 10.2. The van der Waals surface area contributed by atoms with Gasteiger partial charge in [-0.2, -0.15) is 0 Å². The lowest BCUT2D eigenvalue weighted by molar-refractivity contribution is -0.346. The highest BCUT2D eigenvalue weighted by atomic mass is 16.6. The zero-order chi connectivity index (χ0) is 44.9. The Morgan fingerprint density at radius 1 is 0.823 bits per heavy atom. The van der Waals surface area contributed by atoms with Crippen LogP contribution < -0.4 is 5.32 Å². The zero-order valence-corrected chi connectivity index (χ0v) is 35.2. The number of Topliss-reactive ketones (excluding diaryl/α,β-unsaturated/α-hetero) is 1. The molecule has 1 saturated heterocycles. The van der Waals surface area contributed by atoms with Gasteiger partial charge in [-0.1, -0.05) is 80.6 Å². The Hall–Kier alpha value is -5.74. The fraction of sp³-hybridized carbons (Fsp3) is 0.447. The molecule has 7 rings (SSSR count). The Labute approximate surface area is 358 Å². The maximum absolute atomic E-state index is 15.5. The van der Waals surface area contributed by atoms with E-state index >= 15 is 4.79 Å². The van der Waals surface area contributed by atoms with Gasteiger partial charge in [-0.05, 0) is 54.8 Å². The summed E-state index contributed by atoms with van der Waals surface area (Å²) in [7, 11) is 0. The molecule has 3 fully saturated rings. The number of fused-ring (bicyclic) bond motifs is 5. The molecule has 0 spiro atoms. The first kappa shape index (κ1) is 44.3. The summed E-state index contributed by atoms with van der Waals surface area (Å²) in [5.41, 5.74) is -7.02. The standard InChI is InChI=1S/C47H51NO14/c1-25-31(60-43(56)36(52)35(28-16-10-7-11-17-28)48-41(54)29-18-12-8-13-19-29)23-47(57)40(61-42(55)30-20-14-9-15-21-30)38-45(6,32(51)22-33-46(38,24-58-33)62-27(3)50)39(53)37(59-26(2)49)34(25)44(47,4)5/h7-21,31-33,35-38,40,51-52,57H,22-24H2,1-6H3,(H,48,54)/t31-,32+,33-,35-,36-,37-,38+,40-,45+,46+,47-/m0/s1. The Bertz CT molecular complexity index is 2280. The minimum atomic E-state index is -2.39. The molecule has 328 valence electrons. The fourth-order valence-corrected chi connectivity index (χ4v) is 10.2. The Morgan fingerprint density at radius 2 is 1.40 bits per heavy atom. The van der Waals surface area contributed by atoms with Crippen LogP contribution in [0.5, 0.6) is 0 Å². The molecular weight excluding hydrogens is 803 g/mol. The number of hydrogen-bond donors (Lipinski definition) is 4. The molecule has 3 aliphatic carbocycles. The average Bonchev–Trinajstić information content (AvgIpc) is 3.24. The van der Waals surface area contributed by atoms with E-state index in [1.54, 1.807) is 92.7 Å². The SMILES string of the molecule is CC(=O)O[C@@H]1C(=O)[C@]2(C)[C@H](O)C[C@@H]3OC[C@]3(OC(C)=O)[C@@H]2[C@H](OC(=O)c2ccccc2)[C@@]2(O)C[C@H](OC(=O)[C@@H](O)[C@@H](NC(=O)c3ccccc3)c3ccccc3)C(C)=C1C2(C)C. The molecule has 0 aromatic heterocycles. The third-order valence-electron chi connectivity index (χ3n) is 13.5. The van der Waals surface area contributed by atoms with Crippen molar-refractivity contribution in [1.82, 2.24) is 5.32 Å². The van der Waals surface area contributed by atoms with Crippen molar-refractivity contribution in [2.45, 2.75) is 108 Å². The van der Waals surface area contributed by atoms with Gasteiger partial charge in [0.15, 0.2) is 23.6 Å². The van der Waals surface area contributed by atoms with Crippen LogP contribution in [0.2, 0.25) is 0 Å². The highest BCUT2D eigenvalue weighted by Gasteiger charge is 2.78. The predicted molar refractivity (Wildman–Crippen MR) is 218 cm³/mol. The van der Waals surface area contributed by atoms with Gasteiger partial charge in [0.1, 0.15) is 23.9 Å². The molecule has 62 heavy (non-hydrogen) atoms. The predicted octanol–water partition coefficient (Wildman–Crippen LogP) is 3.74. The minimum Gasteiger partial charge on any atom is -0.456 e. The van der Waals surface area contributed by atoms with Crippen LogP contribution >= 0.6 is 0 Å². The van der Waals surface area contributed by atoms with Crippen molar-refractivity contribution in [3.8, 4) is 0 Å². The van der Waals surface area contributed by atoms with Crippen LogP contribution in [0.4, 0.5) is 0 Å². The first-order valence-corrected chi connectivity index (χ1v) is 20.5. The first-order chi connectivity index (χ1) is 29.3. The zero-order valence-electron chi connectivity index (χ0n) is 35.2. The normalized spacial score (nSPS) is 31.9. The van der Waals surface area contributed by atoms with E-state index in [1.807, 2.05) is 0 Å². The minimum absolute atomic E-state index is 0.00289. The Balaban J connectivity index is 1.39. The van der Waals surface area contributed by atoms with E-state index in [1.165, 1.54) is 26.0 Å². The second-order valence-electron chi connectivity index (χ2n) is 17.4. The first-order valence-electron chi connectivity index (χ1n) is 20.5. The molecule has 15 heteroatoms. The van der Waals surface area contributed by atoms with Crippen molar-refractivity contribution < 1.29 is 67.8 Å². The molecule has 3 aromatic carbocycles. The lowest BCUT2D eigenvalue weighted by atomic mass is 9.44. The molecule has 0 radical (unpaired) electrons. The van der Waals surface area contributed by atoms with E-state index in [2.05, 4.69) is 5.32 Å². The summed E-state index contributed by atoms with van der Waals surface area (Å²) in [5, 5.41) is 40.2. The second kappa shape index (κ2) is 16.5. The highest BCUT2D eigenvalue weighted by molar-refractivity contribution is 5.96. The molecule has 3 aromatic rings. The van der Waals surface area contributed by atoms with Crippen LogP contribution in [0, 0.1) is 16.7 Å². The number of esters is 4. The van der Waals surface area contributed by atoms with Crippen molar-refractivity contribution in [1.29, 1.82) is 0 Å². The summed E-state index contributed by atoms with van der Waals surface area (Å²) >= 11 is 0. The topological polar surface area (TPSA) is 221 Å². The molecule has 2 bridgehead atoms. The number of hydrogen-bond acceptors (Lipinski definition) is 14. The smallest absolute Gasteiger partial charge is 0.338 e. The molecule has 2 saturated carbocycles. The summed E-state index contributed by atoms with van der Waals surface area (Å²) in [6, 6.07) is 22.9. The summed E-state index contributed by atoms with van der Waals surface area (Å²) in [5.74, 6) is -6.84. The number of aliphatic hydroxyl groups excluding tert-OH is 2. The van der Waals surface area contributed by atoms with Gasteiger partial charge in [0.25, 0.3) is 5.91 Å². The Kier molecular flexibility index (Phi) is 11.8. The van der Waals surface area contributed by atoms with Crippen LogP contribution in [0.3, 0.4) is 0 Å².